The number of rotatable bonds is 7. The molecule has 1 atom stereocenters. The first-order valence-electron chi connectivity index (χ1n) is 7.51. The number of methoxy groups -OCH3 is 1. The molecule has 2 rings (SSSR count). The lowest BCUT2D eigenvalue weighted by Gasteiger charge is -2.20. The van der Waals surface area contributed by atoms with Crippen LogP contribution in [0.15, 0.2) is 30.3 Å². The average Bonchev–Trinajstić information content (AvgIpc) is 2.82. The van der Waals surface area contributed by atoms with E-state index in [-0.39, 0.29) is 6.04 Å². The van der Waals surface area contributed by atoms with Gasteiger partial charge in [0, 0.05) is 7.05 Å². The third-order valence-corrected chi connectivity index (χ3v) is 3.65. The fourth-order valence-electron chi connectivity index (χ4n) is 2.65. The number of nitrogens with one attached hydrogen (secondary N) is 1. The van der Waals surface area contributed by atoms with Crippen LogP contribution < -0.4 is 10.1 Å². The highest BCUT2D eigenvalue weighted by Gasteiger charge is 2.17. The Morgan fingerprint density at radius 2 is 2.10 bits per heavy atom. The average molecular weight is 287 g/mol. The Labute approximate surface area is 127 Å². The molecule has 0 radical (unpaired) electrons. The van der Waals surface area contributed by atoms with Crippen LogP contribution in [0.25, 0.3) is 0 Å². The van der Waals surface area contributed by atoms with E-state index in [9.17, 15) is 0 Å². The van der Waals surface area contributed by atoms with Gasteiger partial charge in [0.2, 0.25) is 0 Å². The number of ether oxygens (including phenoxy) is 1. The number of benzene rings is 1. The zero-order chi connectivity index (χ0) is 15.2. The molecule has 0 saturated heterocycles. The van der Waals surface area contributed by atoms with Gasteiger partial charge in [-0.2, -0.15) is 5.10 Å². The summed E-state index contributed by atoms with van der Waals surface area (Å²) in [6, 6.07) is 10.6. The molecule has 0 aliphatic carbocycles. The number of hydrogen-bond donors (Lipinski definition) is 1. The molecule has 1 aromatic heterocycles. The van der Waals surface area contributed by atoms with E-state index in [0.717, 1.165) is 30.8 Å². The summed E-state index contributed by atoms with van der Waals surface area (Å²) in [5.41, 5.74) is 3.48. The third kappa shape index (κ3) is 3.85. The van der Waals surface area contributed by atoms with Gasteiger partial charge >= 0.3 is 0 Å². The lowest BCUT2D eigenvalue weighted by molar-refractivity contribution is 0.403. The quantitative estimate of drug-likeness (QED) is 0.851. The zero-order valence-corrected chi connectivity index (χ0v) is 13.4. The van der Waals surface area contributed by atoms with Crippen LogP contribution in [0.3, 0.4) is 0 Å². The topological polar surface area (TPSA) is 39.1 Å². The lowest BCUT2D eigenvalue weighted by atomic mass is 10.0. The number of para-hydroxylation sites is 1. The predicted octanol–water partition coefficient (Wildman–Crippen LogP) is 3.02. The van der Waals surface area contributed by atoms with Crippen molar-refractivity contribution >= 4 is 0 Å². The number of aromatic nitrogens is 2. The van der Waals surface area contributed by atoms with Crippen molar-refractivity contribution in [3.63, 3.8) is 0 Å². The highest BCUT2D eigenvalue weighted by Crippen LogP contribution is 2.25. The fourth-order valence-corrected chi connectivity index (χ4v) is 2.65. The summed E-state index contributed by atoms with van der Waals surface area (Å²) in [4.78, 5) is 0. The molecular formula is C17H25N3O. The normalized spacial score (nSPS) is 12.4. The molecule has 114 valence electrons. The lowest BCUT2D eigenvalue weighted by Crippen LogP contribution is -2.26. The molecule has 2 aromatic rings. The molecule has 1 heterocycles. The maximum Gasteiger partial charge on any atom is 0.122 e. The van der Waals surface area contributed by atoms with Crippen LogP contribution in [0.4, 0.5) is 0 Å². The van der Waals surface area contributed by atoms with E-state index in [2.05, 4.69) is 35.5 Å². The van der Waals surface area contributed by atoms with Crippen LogP contribution in [-0.4, -0.2) is 23.4 Å². The van der Waals surface area contributed by atoms with Crippen molar-refractivity contribution in [2.45, 2.75) is 32.7 Å². The smallest absolute Gasteiger partial charge is 0.122 e. The van der Waals surface area contributed by atoms with Crippen molar-refractivity contribution < 1.29 is 4.74 Å². The van der Waals surface area contributed by atoms with Crippen LogP contribution in [-0.2, 0) is 13.5 Å². The summed E-state index contributed by atoms with van der Waals surface area (Å²) in [6.45, 7) is 5.20. The van der Waals surface area contributed by atoms with Crippen molar-refractivity contribution in [2.75, 3.05) is 13.7 Å². The van der Waals surface area contributed by atoms with E-state index in [0.29, 0.717) is 0 Å². The van der Waals surface area contributed by atoms with E-state index in [1.807, 2.05) is 30.8 Å². The van der Waals surface area contributed by atoms with Crippen LogP contribution in [0.2, 0.25) is 0 Å². The van der Waals surface area contributed by atoms with Crippen LogP contribution in [0.5, 0.6) is 5.75 Å². The van der Waals surface area contributed by atoms with Crippen LogP contribution in [0, 0.1) is 6.92 Å². The van der Waals surface area contributed by atoms with Gasteiger partial charge in [0.05, 0.1) is 24.5 Å². The van der Waals surface area contributed by atoms with E-state index in [1.54, 1.807) is 7.11 Å². The van der Waals surface area contributed by atoms with Gasteiger partial charge in [-0.1, -0.05) is 25.1 Å². The van der Waals surface area contributed by atoms with Gasteiger partial charge in [0.1, 0.15) is 5.75 Å². The van der Waals surface area contributed by atoms with Crippen LogP contribution >= 0.6 is 0 Å². The van der Waals surface area contributed by atoms with Gasteiger partial charge in [0.25, 0.3) is 0 Å². The van der Waals surface area contributed by atoms with Gasteiger partial charge in [0.15, 0.2) is 0 Å². The molecule has 0 spiro atoms. The van der Waals surface area contributed by atoms with Gasteiger partial charge in [-0.15, -0.1) is 0 Å². The van der Waals surface area contributed by atoms with E-state index in [4.69, 9.17) is 4.74 Å². The second-order valence-electron chi connectivity index (χ2n) is 5.36. The van der Waals surface area contributed by atoms with Crippen LogP contribution in [0.1, 0.15) is 36.3 Å². The highest BCUT2D eigenvalue weighted by atomic mass is 16.5. The Morgan fingerprint density at radius 3 is 2.71 bits per heavy atom. The molecular weight excluding hydrogens is 262 g/mol. The summed E-state index contributed by atoms with van der Waals surface area (Å²) >= 11 is 0. The van der Waals surface area contributed by atoms with Gasteiger partial charge in [-0.05, 0) is 44.0 Å². The maximum absolute atomic E-state index is 5.47. The van der Waals surface area contributed by atoms with Crippen molar-refractivity contribution in [3.05, 3.63) is 47.3 Å². The van der Waals surface area contributed by atoms with Crippen molar-refractivity contribution in [1.82, 2.24) is 15.1 Å². The molecule has 0 aliphatic rings. The zero-order valence-electron chi connectivity index (χ0n) is 13.4. The fraction of sp³-hybridized carbons (Fsp3) is 0.471. The van der Waals surface area contributed by atoms with E-state index >= 15 is 0 Å². The Bertz CT molecular complexity index is 577. The summed E-state index contributed by atoms with van der Waals surface area (Å²) in [5.74, 6) is 0.944. The second-order valence-corrected chi connectivity index (χ2v) is 5.36. The maximum atomic E-state index is 5.47. The second kappa shape index (κ2) is 7.27. The van der Waals surface area contributed by atoms with E-state index < -0.39 is 0 Å². The molecule has 4 heteroatoms. The Morgan fingerprint density at radius 1 is 1.33 bits per heavy atom. The predicted molar refractivity (Wildman–Crippen MR) is 85.7 cm³/mol. The van der Waals surface area contributed by atoms with Crippen molar-refractivity contribution in [3.8, 4) is 5.75 Å². The Hall–Kier alpha value is -1.81. The van der Waals surface area contributed by atoms with Gasteiger partial charge in [-0.3, -0.25) is 4.68 Å². The molecule has 0 amide bonds. The molecule has 21 heavy (non-hydrogen) atoms. The first-order chi connectivity index (χ1) is 10.2. The van der Waals surface area contributed by atoms with Gasteiger partial charge in [-0.25, -0.2) is 0 Å². The minimum Gasteiger partial charge on any atom is -0.496 e. The minimum absolute atomic E-state index is 0.243. The summed E-state index contributed by atoms with van der Waals surface area (Å²) in [6.07, 6.45) is 2.00. The molecule has 0 bridgehead atoms. The summed E-state index contributed by atoms with van der Waals surface area (Å²) < 4.78 is 7.44. The van der Waals surface area contributed by atoms with Crippen molar-refractivity contribution in [1.29, 1.82) is 0 Å². The molecule has 0 saturated carbocycles. The summed E-state index contributed by atoms with van der Waals surface area (Å²) in [5, 5.41) is 8.09. The monoisotopic (exact) mass is 287 g/mol. The molecule has 0 fully saturated rings. The standard InChI is InChI=1S/C17H25N3O/c1-5-10-18-15(16-11-13(2)19-20(16)3)12-14-8-6-7-9-17(14)21-4/h6-9,11,15,18H,5,10,12H2,1-4H3. The SMILES string of the molecule is CCCNC(Cc1ccccc1OC)c1cc(C)nn1C. The number of aryl methyl sites for hydroxylation is 2. The molecule has 1 unspecified atom stereocenters. The van der Waals surface area contributed by atoms with E-state index in [1.165, 1.54) is 11.3 Å². The highest BCUT2D eigenvalue weighted by molar-refractivity contribution is 5.34. The Kier molecular flexibility index (Phi) is 5.39. The van der Waals surface area contributed by atoms with Gasteiger partial charge < -0.3 is 10.1 Å². The first-order valence-corrected chi connectivity index (χ1v) is 7.51. The number of nitrogens with zero attached hydrogens (tertiary/aromatic N) is 2. The largest absolute Gasteiger partial charge is 0.496 e. The minimum atomic E-state index is 0.243. The molecule has 1 aromatic carbocycles. The molecule has 1 N–H and O–H groups in total. The third-order valence-electron chi connectivity index (χ3n) is 3.65. The Balaban J connectivity index is 2.26. The molecule has 0 aliphatic heterocycles. The number of hydrogen-bond acceptors (Lipinski definition) is 3. The first kappa shape index (κ1) is 15.6. The molecule has 4 nitrogen and oxygen atoms in total. The summed E-state index contributed by atoms with van der Waals surface area (Å²) in [7, 11) is 3.73. The van der Waals surface area contributed by atoms with Crippen molar-refractivity contribution in [2.24, 2.45) is 7.05 Å².